The van der Waals surface area contributed by atoms with Gasteiger partial charge in [-0.1, -0.05) is 79.7 Å². The number of hydrogen-bond acceptors (Lipinski definition) is 7. The zero-order valence-corrected chi connectivity index (χ0v) is 30.0. The fourth-order valence-electron chi connectivity index (χ4n) is 6.96. The van der Waals surface area contributed by atoms with Crippen molar-refractivity contribution in [2.75, 3.05) is 24.6 Å². The van der Waals surface area contributed by atoms with E-state index in [0.29, 0.717) is 25.7 Å². The number of nitrogens with zero attached hydrogens (tertiary/aromatic N) is 1. The van der Waals surface area contributed by atoms with Crippen LogP contribution in [-0.4, -0.2) is 91.1 Å². The minimum absolute atomic E-state index is 0.0246. The molecule has 0 aromatic heterocycles. The van der Waals surface area contributed by atoms with Crippen molar-refractivity contribution in [2.45, 2.75) is 123 Å². The Morgan fingerprint density at radius 3 is 2.17 bits per heavy atom. The lowest BCUT2D eigenvalue weighted by Gasteiger charge is -2.40. The average Bonchev–Trinajstić information content (AvgIpc) is 3.70. The molecule has 3 aliphatic rings. The van der Waals surface area contributed by atoms with E-state index in [2.05, 4.69) is 27.8 Å². The van der Waals surface area contributed by atoms with Crippen LogP contribution in [0.4, 0.5) is 4.79 Å². The van der Waals surface area contributed by atoms with Gasteiger partial charge in [-0.3, -0.25) is 19.2 Å². The summed E-state index contributed by atoms with van der Waals surface area (Å²) < 4.78 is 25.3. The SMILES string of the molecule is C=CCNC(=O)C(=O)C(CC1CC1)NC(=O)[C@@H]1[C@@H](C(C)C)CCN1C(=O)[C@@H](NC(=O)NC1(CS(=O)(=O)CC)CCCCC1)C(C)(C)C. The smallest absolute Gasteiger partial charge is 0.315 e. The van der Waals surface area contributed by atoms with Crippen molar-refractivity contribution >= 4 is 39.4 Å². The van der Waals surface area contributed by atoms with Crippen molar-refractivity contribution in [3.8, 4) is 0 Å². The summed E-state index contributed by atoms with van der Waals surface area (Å²) in [5.74, 6) is -2.55. The first-order chi connectivity index (χ1) is 21.9. The van der Waals surface area contributed by atoms with Gasteiger partial charge >= 0.3 is 6.03 Å². The molecule has 0 aromatic carbocycles. The molecule has 0 spiro atoms. The van der Waals surface area contributed by atoms with Crippen molar-refractivity contribution in [3.05, 3.63) is 12.7 Å². The van der Waals surface area contributed by atoms with E-state index in [1.165, 1.54) is 11.0 Å². The number of urea groups is 1. The molecule has 0 radical (unpaired) electrons. The molecular weight excluding hydrogens is 622 g/mol. The third kappa shape index (κ3) is 10.5. The van der Waals surface area contributed by atoms with Crippen molar-refractivity contribution < 1.29 is 32.4 Å². The quantitative estimate of drug-likeness (QED) is 0.152. The number of rotatable bonds is 15. The molecule has 13 heteroatoms. The van der Waals surface area contributed by atoms with E-state index < -0.39 is 68.5 Å². The summed E-state index contributed by atoms with van der Waals surface area (Å²) in [4.78, 5) is 69.1. The number of nitrogens with one attached hydrogen (secondary N) is 4. The number of carbonyl (C=O) groups is 5. The monoisotopic (exact) mass is 679 g/mol. The maximum atomic E-state index is 14.4. The first-order valence-corrected chi connectivity index (χ1v) is 19.1. The highest BCUT2D eigenvalue weighted by molar-refractivity contribution is 7.91. The number of carbonyl (C=O) groups excluding carboxylic acids is 5. The summed E-state index contributed by atoms with van der Waals surface area (Å²) in [6.45, 7) is 15.0. The van der Waals surface area contributed by atoms with Crippen molar-refractivity contribution in [2.24, 2.45) is 23.2 Å². The highest BCUT2D eigenvalue weighted by Crippen LogP contribution is 2.36. The van der Waals surface area contributed by atoms with E-state index in [9.17, 15) is 32.4 Å². The molecule has 3 fully saturated rings. The van der Waals surface area contributed by atoms with Gasteiger partial charge in [-0.05, 0) is 48.9 Å². The third-order valence-corrected chi connectivity index (χ3v) is 11.8. The second kappa shape index (κ2) is 16.0. The zero-order valence-electron chi connectivity index (χ0n) is 29.2. The number of likely N-dealkylation sites (tertiary alicyclic amines) is 1. The maximum Gasteiger partial charge on any atom is 0.315 e. The molecular formula is C34H57N5O7S. The maximum absolute atomic E-state index is 14.4. The minimum Gasteiger partial charge on any atom is -0.346 e. The first-order valence-electron chi connectivity index (χ1n) is 17.3. The van der Waals surface area contributed by atoms with E-state index >= 15 is 0 Å². The second-order valence-corrected chi connectivity index (χ2v) is 17.5. The highest BCUT2D eigenvalue weighted by Gasteiger charge is 2.48. The van der Waals surface area contributed by atoms with E-state index in [1.54, 1.807) is 6.92 Å². The van der Waals surface area contributed by atoms with Crippen LogP contribution < -0.4 is 21.3 Å². The lowest BCUT2D eigenvalue weighted by atomic mass is 9.83. The molecule has 4 atom stereocenters. The van der Waals surface area contributed by atoms with Gasteiger partial charge in [-0.15, -0.1) is 6.58 Å². The topological polar surface area (TPSA) is 171 Å². The van der Waals surface area contributed by atoms with E-state index in [0.717, 1.165) is 32.1 Å². The Morgan fingerprint density at radius 2 is 1.64 bits per heavy atom. The van der Waals surface area contributed by atoms with Gasteiger partial charge in [-0.25, -0.2) is 13.2 Å². The van der Waals surface area contributed by atoms with Gasteiger partial charge in [0, 0.05) is 18.8 Å². The van der Waals surface area contributed by atoms with Gasteiger partial charge in [0.15, 0.2) is 9.84 Å². The Kier molecular flexibility index (Phi) is 13.1. The number of hydrogen-bond donors (Lipinski definition) is 4. The zero-order chi connectivity index (χ0) is 35.2. The molecule has 4 N–H and O–H groups in total. The molecule has 3 rings (SSSR count). The predicted molar refractivity (Wildman–Crippen MR) is 181 cm³/mol. The lowest BCUT2D eigenvalue weighted by molar-refractivity contribution is -0.144. The molecule has 0 bridgehead atoms. The Bertz CT molecular complexity index is 1280. The van der Waals surface area contributed by atoms with Crippen LogP contribution in [0.25, 0.3) is 0 Å². The van der Waals surface area contributed by atoms with Crippen molar-refractivity contribution in [1.29, 1.82) is 0 Å². The second-order valence-electron chi connectivity index (χ2n) is 15.2. The van der Waals surface area contributed by atoms with Gasteiger partial charge in [0.25, 0.3) is 5.91 Å². The molecule has 2 saturated carbocycles. The van der Waals surface area contributed by atoms with Crippen LogP contribution in [0.2, 0.25) is 0 Å². The van der Waals surface area contributed by atoms with Gasteiger partial charge in [0.1, 0.15) is 12.1 Å². The Labute approximate surface area is 280 Å². The number of amides is 5. The van der Waals surface area contributed by atoms with E-state index in [1.807, 2.05) is 34.6 Å². The first kappa shape index (κ1) is 38.5. The Morgan fingerprint density at radius 1 is 1.00 bits per heavy atom. The van der Waals surface area contributed by atoms with Gasteiger partial charge in [-0.2, -0.15) is 0 Å². The van der Waals surface area contributed by atoms with Crippen LogP contribution in [-0.2, 0) is 29.0 Å². The van der Waals surface area contributed by atoms with Gasteiger partial charge < -0.3 is 26.2 Å². The summed E-state index contributed by atoms with van der Waals surface area (Å²) in [7, 11) is -3.39. The minimum atomic E-state index is -3.39. The lowest BCUT2D eigenvalue weighted by Crippen LogP contribution is -2.63. The van der Waals surface area contributed by atoms with E-state index in [4.69, 9.17) is 0 Å². The van der Waals surface area contributed by atoms with Crippen LogP contribution in [0, 0.1) is 23.2 Å². The summed E-state index contributed by atoms with van der Waals surface area (Å²) >= 11 is 0. The molecule has 1 saturated heterocycles. The van der Waals surface area contributed by atoms with Crippen molar-refractivity contribution in [3.63, 3.8) is 0 Å². The third-order valence-electron chi connectivity index (χ3n) is 9.90. The predicted octanol–water partition coefficient (Wildman–Crippen LogP) is 2.87. The fraction of sp³-hybridized carbons (Fsp3) is 0.794. The molecule has 2 aliphatic carbocycles. The van der Waals surface area contributed by atoms with E-state index in [-0.39, 0.29) is 42.3 Å². The van der Waals surface area contributed by atoms with Crippen LogP contribution >= 0.6 is 0 Å². The molecule has 1 aliphatic heterocycles. The van der Waals surface area contributed by atoms with Crippen LogP contribution in [0.5, 0.6) is 0 Å². The summed E-state index contributed by atoms with van der Waals surface area (Å²) in [5, 5.41) is 11.2. The summed E-state index contributed by atoms with van der Waals surface area (Å²) in [6, 6.07) is -3.56. The molecule has 5 amide bonds. The standard InChI is InChI=1S/C34H57N5O7S/c1-8-18-35-30(42)27(40)25(20-23-13-14-23)36-29(41)26-24(22(3)4)15-19-39(26)31(43)28(33(5,6)7)37-32(44)38-34(16-11-10-12-17-34)21-47(45,46)9-2/h8,22-26,28H,1,9-21H2,2-7H3,(H,35,42)(H,36,41)(H2,37,38,44)/t24-,25?,26+,28-/m1/s1. The Balaban J connectivity index is 1.84. The number of ketones is 1. The molecule has 12 nitrogen and oxygen atoms in total. The van der Waals surface area contributed by atoms with Crippen molar-refractivity contribution in [1.82, 2.24) is 26.2 Å². The van der Waals surface area contributed by atoms with Crippen LogP contribution in [0.15, 0.2) is 12.7 Å². The molecule has 0 aromatic rings. The fourth-order valence-corrected chi connectivity index (χ4v) is 8.37. The number of Topliss-reactive ketones (excluding diaryl/α,β-unsaturated/α-hetero) is 1. The molecule has 1 heterocycles. The van der Waals surface area contributed by atoms with Gasteiger partial charge in [0.05, 0.1) is 17.3 Å². The summed E-state index contributed by atoms with van der Waals surface area (Å²) in [5.41, 5.74) is -1.67. The Hall–Kier alpha value is -2.96. The van der Waals surface area contributed by atoms with Crippen LogP contribution in [0.3, 0.4) is 0 Å². The molecule has 1 unspecified atom stereocenters. The normalized spacial score (nSPS) is 22.6. The van der Waals surface area contributed by atoms with Crippen LogP contribution in [0.1, 0.15) is 99.3 Å². The molecule has 47 heavy (non-hydrogen) atoms. The summed E-state index contributed by atoms with van der Waals surface area (Å²) in [6.07, 6.45) is 7.83. The number of sulfone groups is 1. The largest absolute Gasteiger partial charge is 0.346 e. The molecule has 266 valence electrons. The van der Waals surface area contributed by atoms with Gasteiger partial charge in [0.2, 0.25) is 17.6 Å². The highest BCUT2D eigenvalue weighted by atomic mass is 32.2. The average molecular weight is 680 g/mol.